The molecular formula is C27H30FN3O3. The molecule has 0 aromatic heterocycles. The fourth-order valence-electron chi connectivity index (χ4n) is 5.78. The van der Waals surface area contributed by atoms with Crippen molar-refractivity contribution in [3.8, 4) is 0 Å². The Bertz CT molecular complexity index is 1100. The number of halogens is 1. The van der Waals surface area contributed by atoms with Crippen molar-refractivity contribution in [3.63, 3.8) is 0 Å². The van der Waals surface area contributed by atoms with Gasteiger partial charge in [0, 0.05) is 18.5 Å². The molecule has 0 aliphatic carbocycles. The van der Waals surface area contributed by atoms with Crippen LogP contribution in [0, 0.1) is 0 Å². The number of likely N-dealkylation sites (tertiary alicyclic amines) is 1. The molecule has 3 heterocycles. The van der Waals surface area contributed by atoms with Crippen molar-refractivity contribution in [2.75, 3.05) is 13.1 Å². The average Bonchev–Trinajstić information content (AvgIpc) is 3.15. The smallest absolute Gasteiger partial charge is 0.255 e. The molecule has 0 spiro atoms. The highest BCUT2D eigenvalue weighted by Gasteiger charge is 2.39. The molecular weight excluding hydrogens is 433 g/mol. The Hall–Kier alpha value is -3.06. The Morgan fingerprint density at radius 3 is 2.41 bits per heavy atom. The van der Waals surface area contributed by atoms with Gasteiger partial charge in [-0.1, -0.05) is 42.5 Å². The van der Waals surface area contributed by atoms with Crippen LogP contribution in [-0.4, -0.2) is 52.8 Å². The second-order valence-corrected chi connectivity index (χ2v) is 9.66. The van der Waals surface area contributed by atoms with Gasteiger partial charge in [0.15, 0.2) is 0 Å². The fourth-order valence-corrected chi connectivity index (χ4v) is 5.78. The molecule has 7 heteroatoms. The van der Waals surface area contributed by atoms with E-state index in [-0.39, 0.29) is 30.2 Å². The molecule has 0 radical (unpaired) electrons. The summed E-state index contributed by atoms with van der Waals surface area (Å²) in [6.07, 6.45) is 1.52. The van der Waals surface area contributed by atoms with Gasteiger partial charge in [0.05, 0.1) is 6.04 Å². The van der Waals surface area contributed by atoms with Crippen LogP contribution in [0.3, 0.4) is 0 Å². The van der Waals surface area contributed by atoms with Gasteiger partial charge in [0.2, 0.25) is 11.8 Å². The van der Waals surface area contributed by atoms with Gasteiger partial charge in [-0.25, -0.2) is 4.39 Å². The first-order valence-electron chi connectivity index (χ1n) is 12.1. The standard InChI is InChI=1S/C27H30FN3O3/c1-17(28)25(19-5-3-2-4-6-19)30-13-11-18(12-14-30)20-7-8-22-21(15-20)16-31(27(22)34)23-9-10-24(32)29-26(23)33/h2-8,15,17-18,23,25H,9-14,16H2,1H3,(H,29,32,33). The van der Waals surface area contributed by atoms with E-state index in [9.17, 15) is 18.8 Å². The number of alkyl halides is 1. The molecule has 2 fully saturated rings. The summed E-state index contributed by atoms with van der Waals surface area (Å²) >= 11 is 0. The van der Waals surface area contributed by atoms with Gasteiger partial charge >= 0.3 is 0 Å². The summed E-state index contributed by atoms with van der Waals surface area (Å²) in [7, 11) is 0. The predicted octanol–water partition coefficient (Wildman–Crippen LogP) is 3.73. The minimum absolute atomic E-state index is 0.145. The molecule has 2 aromatic rings. The lowest BCUT2D eigenvalue weighted by molar-refractivity contribution is -0.136. The van der Waals surface area contributed by atoms with Crippen LogP contribution < -0.4 is 5.32 Å². The summed E-state index contributed by atoms with van der Waals surface area (Å²) in [5.74, 6) is -0.461. The van der Waals surface area contributed by atoms with Gasteiger partial charge in [-0.15, -0.1) is 0 Å². The number of amides is 3. The zero-order chi connectivity index (χ0) is 23.8. The number of hydrogen-bond acceptors (Lipinski definition) is 4. The van der Waals surface area contributed by atoms with Gasteiger partial charge in [-0.05, 0) is 68.0 Å². The monoisotopic (exact) mass is 463 g/mol. The number of nitrogens with one attached hydrogen (secondary N) is 1. The number of rotatable bonds is 5. The highest BCUT2D eigenvalue weighted by atomic mass is 19.1. The van der Waals surface area contributed by atoms with E-state index in [0.717, 1.165) is 37.1 Å². The van der Waals surface area contributed by atoms with E-state index in [4.69, 9.17) is 0 Å². The number of imide groups is 1. The van der Waals surface area contributed by atoms with Crippen molar-refractivity contribution in [2.24, 2.45) is 0 Å². The minimum Gasteiger partial charge on any atom is -0.322 e. The second kappa shape index (κ2) is 9.29. The molecule has 5 rings (SSSR count). The highest BCUT2D eigenvalue weighted by Crippen LogP contribution is 2.36. The Kier molecular flexibility index (Phi) is 6.21. The van der Waals surface area contributed by atoms with E-state index < -0.39 is 12.2 Å². The maximum atomic E-state index is 14.6. The lowest BCUT2D eigenvalue weighted by atomic mass is 9.86. The maximum absolute atomic E-state index is 14.6. The number of carbonyl (C=O) groups is 3. The first-order chi connectivity index (χ1) is 16.4. The van der Waals surface area contributed by atoms with Crippen molar-refractivity contribution in [1.82, 2.24) is 15.1 Å². The lowest BCUT2D eigenvalue weighted by Gasteiger charge is -2.38. The van der Waals surface area contributed by atoms with Crippen molar-refractivity contribution in [2.45, 2.75) is 63.3 Å². The summed E-state index contributed by atoms with van der Waals surface area (Å²) in [4.78, 5) is 40.5. The third-order valence-electron chi connectivity index (χ3n) is 7.52. The van der Waals surface area contributed by atoms with Gasteiger partial charge in [0.1, 0.15) is 12.2 Å². The summed E-state index contributed by atoms with van der Waals surface area (Å²) in [5.41, 5.74) is 3.79. The molecule has 2 aromatic carbocycles. The first-order valence-corrected chi connectivity index (χ1v) is 12.1. The van der Waals surface area contributed by atoms with E-state index in [0.29, 0.717) is 24.4 Å². The van der Waals surface area contributed by atoms with Crippen LogP contribution in [0.25, 0.3) is 0 Å². The van der Waals surface area contributed by atoms with Gasteiger partial charge in [-0.3, -0.25) is 24.6 Å². The average molecular weight is 464 g/mol. The number of piperidine rings is 2. The van der Waals surface area contributed by atoms with Crippen molar-refractivity contribution in [3.05, 3.63) is 70.8 Å². The summed E-state index contributed by atoms with van der Waals surface area (Å²) in [6, 6.07) is 15.0. The van der Waals surface area contributed by atoms with Crippen LogP contribution in [0.1, 0.15) is 71.6 Å². The quantitative estimate of drug-likeness (QED) is 0.686. The lowest BCUT2D eigenvalue weighted by Crippen LogP contribution is -2.52. The summed E-state index contributed by atoms with van der Waals surface area (Å²) in [5, 5.41) is 2.35. The van der Waals surface area contributed by atoms with E-state index in [2.05, 4.69) is 16.3 Å². The molecule has 3 amide bonds. The third-order valence-corrected chi connectivity index (χ3v) is 7.52. The topological polar surface area (TPSA) is 69.7 Å². The van der Waals surface area contributed by atoms with E-state index >= 15 is 0 Å². The molecule has 0 saturated carbocycles. The third kappa shape index (κ3) is 4.25. The van der Waals surface area contributed by atoms with E-state index in [1.165, 1.54) is 5.56 Å². The van der Waals surface area contributed by atoms with Crippen molar-refractivity contribution in [1.29, 1.82) is 0 Å². The maximum Gasteiger partial charge on any atom is 0.255 e. The van der Waals surface area contributed by atoms with Crippen LogP contribution in [-0.2, 0) is 16.1 Å². The molecule has 34 heavy (non-hydrogen) atoms. The molecule has 0 bridgehead atoms. The summed E-state index contributed by atoms with van der Waals surface area (Å²) in [6.45, 7) is 3.66. The van der Waals surface area contributed by atoms with Crippen LogP contribution >= 0.6 is 0 Å². The van der Waals surface area contributed by atoms with Gasteiger partial charge in [0.25, 0.3) is 5.91 Å². The Morgan fingerprint density at radius 1 is 1.00 bits per heavy atom. The Labute approximate surface area is 199 Å². The number of nitrogens with zero attached hydrogens (tertiary/aromatic N) is 2. The molecule has 178 valence electrons. The molecule has 3 aliphatic heterocycles. The summed E-state index contributed by atoms with van der Waals surface area (Å²) < 4.78 is 14.6. The first kappa shape index (κ1) is 22.7. The van der Waals surface area contributed by atoms with Crippen LogP contribution in [0.15, 0.2) is 48.5 Å². The number of fused-ring (bicyclic) bond motifs is 1. The zero-order valence-electron chi connectivity index (χ0n) is 19.4. The van der Waals surface area contributed by atoms with E-state index in [1.54, 1.807) is 11.8 Å². The largest absolute Gasteiger partial charge is 0.322 e. The van der Waals surface area contributed by atoms with E-state index in [1.807, 2.05) is 42.5 Å². The molecule has 2 saturated heterocycles. The zero-order valence-corrected chi connectivity index (χ0v) is 19.4. The number of carbonyl (C=O) groups excluding carboxylic acids is 3. The normalized spacial score (nSPS) is 23.5. The van der Waals surface area contributed by atoms with Crippen molar-refractivity contribution < 1.29 is 18.8 Å². The van der Waals surface area contributed by atoms with Crippen LogP contribution in [0.2, 0.25) is 0 Å². The van der Waals surface area contributed by atoms with Crippen LogP contribution in [0.4, 0.5) is 4.39 Å². The SMILES string of the molecule is CC(F)C(c1ccccc1)N1CCC(c2ccc3c(c2)CN(C2CCC(=O)NC2=O)C3=O)CC1. The van der Waals surface area contributed by atoms with Crippen LogP contribution in [0.5, 0.6) is 0 Å². The molecule has 3 atom stereocenters. The molecule has 6 nitrogen and oxygen atoms in total. The van der Waals surface area contributed by atoms with Gasteiger partial charge in [-0.2, -0.15) is 0 Å². The highest BCUT2D eigenvalue weighted by molar-refractivity contribution is 6.05. The molecule has 1 N–H and O–H groups in total. The van der Waals surface area contributed by atoms with Crippen molar-refractivity contribution >= 4 is 17.7 Å². The van der Waals surface area contributed by atoms with Gasteiger partial charge < -0.3 is 4.90 Å². The predicted molar refractivity (Wildman–Crippen MR) is 126 cm³/mol. The second-order valence-electron chi connectivity index (χ2n) is 9.66. The Balaban J connectivity index is 1.27. The Morgan fingerprint density at radius 2 is 1.74 bits per heavy atom. The fraction of sp³-hybridized carbons (Fsp3) is 0.444. The molecule has 3 unspecified atom stereocenters. The molecule has 3 aliphatic rings. The minimum atomic E-state index is -0.955. The number of benzene rings is 2. The number of hydrogen-bond donors (Lipinski definition) is 1.